The zero-order valence-electron chi connectivity index (χ0n) is 12.8. The molecule has 4 nitrogen and oxygen atoms in total. The lowest BCUT2D eigenvalue weighted by molar-refractivity contribution is 0.0316. The Hall–Kier alpha value is -2.62. The van der Waals surface area contributed by atoms with Gasteiger partial charge >= 0.3 is 5.97 Å². The lowest BCUT2D eigenvalue weighted by atomic mass is 10.1. The summed E-state index contributed by atoms with van der Waals surface area (Å²) in [6, 6.07) is 14.0. The molecule has 0 aliphatic carbocycles. The van der Waals surface area contributed by atoms with Crippen LogP contribution in [0.25, 0.3) is 0 Å². The summed E-state index contributed by atoms with van der Waals surface area (Å²) in [7, 11) is 1.49. The van der Waals surface area contributed by atoms with E-state index in [0.29, 0.717) is 16.9 Å². The molecule has 0 aliphatic rings. The summed E-state index contributed by atoms with van der Waals surface area (Å²) in [5, 5.41) is 0. The Kier molecular flexibility index (Phi) is 4.94. The van der Waals surface area contributed by atoms with Gasteiger partial charge in [0.2, 0.25) is 5.78 Å². The number of Topliss-reactive ketones (excluding diaryl/α,β-unsaturated/α-hetero) is 1. The van der Waals surface area contributed by atoms with E-state index in [1.54, 1.807) is 43.3 Å². The molecule has 4 heteroatoms. The van der Waals surface area contributed by atoms with E-state index in [1.165, 1.54) is 7.11 Å². The highest BCUT2D eigenvalue weighted by Crippen LogP contribution is 2.21. The standard InChI is InChI=1S/C18H18O4/c1-12-9-10-16(21-3)15(11-12)18(20)22-13(2)17(19)14-7-5-4-6-8-14/h4-11,13H,1-3H3. The minimum absolute atomic E-state index is 0.236. The average Bonchev–Trinajstić information content (AvgIpc) is 2.54. The Morgan fingerprint density at radius 3 is 2.36 bits per heavy atom. The van der Waals surface area contributed by atoms with Crippen molar-refractivity contribution in [1.29, 1.82) is 0 Å². The van der Waals surface area contributed by atoms with E-state index in [9.17, 15) is 9.59 Å². The fourth-order valence-corrected chi connectivity index (χ4v) is 2.10. The van der Waals surface area contributed by atoms with Crippen LogP contribution < -0.4 is 4.74 Å². The zero-order valence-corrected chi connectivity index (χ0v) is 12.8. The maximum Gasteiger partial charge on any atom is 0.342 e. The maximum atomic E-state index is 12.3. The van der Waals surface area contributed by atoms with E-state index in [4.69, 9.17) is 9.47 Å². The van der Waals surface area contributed by atoms with Crippen LogP contribution in [0.4, 0.5) is 0 Å². The van der Waals surface area contributed by atoms with E-state index in [0.717, 1.165) is 5.56 Å². The fourth-order valence-electron chi connectivity index (χ4n) is 2.10. The van der Waals surface area contributed by atoms with Crippen molar-refractivity contribution < 1.29 is 19.1 Å². The molecule has 1 unspecified atom stereocenters. The van der Waals surface area contributed by atoms with E-state index in [1.807, 2.05) is 19.1 Å². The van der Waals surface area contributed by atoms with Gasteiger partial charge in [-0.15, -0.1) is 0 Å². The van der Waals surface area contributed by atoms with Crippen LogP contribution in [0, 0.1) is 6.92 Å². The average molecular weight is 298 g/mol. The summed E-state index contributed by atoms with van der Waals surface area (Å²) < 4.78 is 10.4. The van der Waals surface area contributed by atoms with Crippen molar-refractivity contribution in [2.24, 2.45) is 0 Å². The summed E-state index contributed by atoms with van der Waals surface area (Å²) in [5.74, 6) is -0.382. The zero-order chi connectivity index (χ0) is 16.1. The smallest absolute Gasteiger partial charge is 0.342 e. The third-order valence-corrected chi connectivity index (χ3v) is 3.29. The molecule has 0 heterocycles. The molecule has 0 N–H and O–H groups in total. The molecule has 0 aliphatic heterocycles. The SMILES string of the molecule is COc1ccc(C)cc1C(=O)OC(C)C(=O)c1ccccc1. The number of rotatable bonds is 5. The van der Waals surface area contributed by atoms with Crippen LogP contribution in [-0.2, 0) is 4.74 Å². The van der Waals surface area contributed by atoms with Gasteiger partial charge in [-0.25, -0.2) is 4.79 Å². The molecule has 1 atom stereocenters. The molecule has 114 valence electrons. The largest absolute Gasteiger partial charge is 0.496 e. The van der Waals surface area contributed by atoms with Crippen molar-refractivity contribution in [1.82, 2.24) is 0 Å². The number of aryl methyl sites for hydroxylation is 1. The quantitative estimate of drug-likeness (QED) is 0.627. The number of hydrogen-bond acceptors (Lipinski definition) is 4. The number of ether oxygens (including phenoxy) is 2. The molecular weight excluding hydrogens is 280 g/mol. The van der Waals surface area contributed by atoms with E-state index >= 15 is 0 Å². The molecule has 0 spiro atoms. The molecule has 22 heavy (non-hydrogen) atoms. The third-order valence-electron chi connectivity index (χ3n) is 3.29. The molecule has 0 saturated carbocycles. The summed E-state index contributed by atoms with van der Waals surface area (Å²) in [6.45, 7) is 3.43. The van der Waals surface area contributed by atoms with Crippen LogP contribution in [0.3, 0.4) is 0 Å². The van der Waals surface area contributed by atoms with Crippen LogP contribution >= 0.6 is 0 Å². The van der Waals surface area contributed by atoms with Gasteiger partial charge in [0.1, 0.15) is 11.3 Å². The third kappa shape index (κ3) is 3.52. The molecule has 2 aromatic carbocycles. The lowest BCUT2D eigenvalue weighted by Gasteiger charge is -2.14. The predicted molar refractivity (Wildman–Crippen MR) is 83.4 cm³/mol. The van der Waals surface area contributed by atoms with Crippen molar-refractivity contribution in [2.75, 3.05) is 7.11 Å². The number of benzene rings is 2. The van der Waals surface area contributed by atoms with E-state index in [2.05, 4.69) is 0 Å². The van der Waals surface area contributed by atoms with Crippen LogP contribution in [0.5, 0.6) is 5.75 Å². The van der Waals surface area contributed by atoms with Gasteiger partial charge < -0.3 is 9.47 Å². The second-order valence-electron chi connectivity index (χ2n) is 4.98. The van der Waals surface area contributed by atoms with Crippen molar-refractivity contribution in [2.45, 2.75) is 20.0 Å². The second-order valence-corrected chi connectivity index (χ2v) is 4.98. The minimum Gasteiger partial charge on any atom is -0.496 e. The summed E-state index contributed by atoms with van der Waals surface area (Å²) in [4.78, 5) is 24.5. The number of ketones is 1. The van der Waals surface area contributed by atoms with Gasteiger partial charge in [0.05, 0.1) is 7.11 Å². The highest BCUT2D eigenvalue weighted by atomic mass is 16.5. The maximum absolute atomic E-state index is 12.3. The fraction of sp³-hybridized carbons (Fsp3) is 0.222. The number of carbonyl (C=O) groups is 2. The summed E-state index contributed by atoms with van der Waals surface area (Å²) in [5.41, 5.74) is 1.74. The van der Waals surface area contributed by atoms with Crippen LogP contribution in [0.15, 0.2) is 48.5 Å². The molecule has 0 bridgehead atoms. The normalized spacial score (nSPS) is 11.6. The van der Waals surface area contributed by atoms with Gasteiger partial charge in [0.25, 0.3) is 0 Å². The number of hydrogen-bond donors (Lipinski definition) is 0. The Bertz CT molecular complexity index is 677. The van der Waals surface area contributed by atoms with Gasteiger partial charge in [-0.2, -0.15) is 0 Å². The highest BCUT2D eigenvalue weighted by molar-refractivity contribution is 6.01. The minimum atomic E-state index is -0.861. The Balaban J connectivity index is 2.15. The Morgan fingerprint density at radius 2 is 1.73 bits per heavy atom. The molecule has 0 amide bonds. The molecule has 0 fully saturated rings. The van der Waals surface area contributed by atoms with Crippen LogP contribution in [0.1, 0.15) is 33.2 Å². The first kappa shape index (κ1) is 15.8. The summed E-state index contributed by atoms with van der Waals surface area (Å²) in [6.07, 6.45) is -0.861. The lowest BCUT2D eigenvalue weighted by Crippen LogP contribution is -2.24. The highest BCUT2D eigenvalue weighted by Gasteiger charge is 2.22. The first-order valence-electron chi connectivity index (χ1n) is 6.98. The topological polar surface area (TPSA) is 52.6 Å². The van der Waals surface area contributed by atoms with Crippen LogP contribution in [-0.4, -0.2) is 25.0 Å². The molecule has 0 aromatic heterocycles. The molecular formula is C18H18O4. The van der Waals surface area contributed by atoms with Crippen LogP contribution in [0.2, 0.25) is 0 Å². The monoisotopic (exact) mass is 298 g/mol. The molecule has 2 aromatic rings. The van der Waals surface area contributed by atoms with Gasteiger partial charge in [-0.05, 0) is 26.0 Å². The Morgan fingerprint density at radius 1 is 1.05 bits per heavy atom. The van der Waals surface area contributed by atoms with Gasteiger partial charge in [-0.3, -0.25) is 4.79 Å². The predicted octanol–water partition coefficient (Wildman–Crippen LogP) is 3.43. The summed E-state index contributed by atoms with van der Waals surface area (Å²) >= 11 is 0. The Labute approximate surface area is 129 Å². The van der Waals surface area contributed by atoms with Crippen molar-refractivity contribution >= 4 is 11.8 Å². The van der Waals surface area contributed by atoms with Gasteiger partial charge in [0.15, 0.2) is 6.10 Å². The van der Waals surface area contributed by atoms with Gasteiger partial charge in [0, 0.05) is 5.56 Å². The molecule has 2 rings (SSSR count). The number of esters is 1. The second kappa shape index (κ2) is 6.89. The number of carbonyl (C=O) groups excluding carboxylic acids is 2. The van der Waals surface area contributed by atoms with Crippen molar-refractivity contribution in [3.8, 4) is 5.75 Å². The molecule has 0 saturated heterocycles. The van der Waals surface area contributed by atoms with Gasteiger partial charge in [-0.1, -0.05) is 42.0 Å². The molecule has 0 radical (unpaired) electrons. The van der Waals surface area contributed by atoms with E-state index < -0.39 is 12.1 Å². The number of methoxy groups -OCH3 is 1. The first-order valence-corrected chi connectivity index (χ1v) is 6.98. The first-order chi connectivity index (χ1) is 10.5. The van der Waals surface area contributed by atoms with Crippen molar-refractivity contribution in [3.05, 3.63) is 65.2 Å². The van der Waals surface area contributed by atoms with E-state index in [-0.39, 0.29) is 5.78 Å². The van der Waals surface area contributed by atoms with Crippen molar-refractivity contribution in [3.63, 3.8) is 0 Å².